The standard InChI is InChI=1S/C26H38N2O3S/c1-17-4-7-20(8-5-17)32(30,31)28-27-24-11-10-22-21-9-6-18-16-19(29)12-14-25(18,2)23(21)13-15-26(22,24)3/h4-5,7-8,18-19,21-23,28-29H,6,9-16H2,1-3H3/t18-,19-,21+,22+,23+,25-,26-/m0/s1. The third-order valence-corrected chi connectivity index (χ3v) is 11.2. The van der Waals surface area contributed by atoms with Gasteiger partial charge in [0, 0.05) is 11.1 Å². The van der Waals surface area contributed by atoms with Crippen LogP contribution >= 0.6 is 0 Å². The van der Waals surface area contributed by atoms with Crippen molar-refractivity contribution in [1.82, 2.24) is 4.83 Å². The zero-order valence-electron chi connectivity index (χ0n) is 19.7. The molecule has 0 unspecified atom stereocenters. The van der Waals surface area contributed by atoms with E-state index in [9.17, 15) is 13.5 Å². The van der Waals surface area contributed by atoms with E-state index in [1.165, 1.54) is 19.3 Å². The van der Waals surface area contributed by atoms with Crippen molar-refractivity contribution in [1.29, 1.82) is 0 Å². The molecule has 0 aromatic heterocycles. The molecular formula is C26H38N2O3S. The molecule has 7 atom stereocenters. The van der Waals surface area contributed by atoms with Gasteiger partial charge in [-0.2, -0.15) is 13.5 Å². The summed E-state index contributed by atoms with van der Waals surface area (Å²) in [5, 5.41) is 14.8. The number of hydrogen-bond donors (Lipinski definition) is 2. The molecular weight excluding hydrogens is 420 g/mol. The van der Waals surface area contributed by atoms with Crippen molar-refractivity contribution in [3.63, 3.8) is 0 Å². The molecule has 2 N–H and O–H groups in total. The number of nitrogens with zero attached hydrogens (tertiary/aromatic N) is 1. The van der Waals surface area contributed by atoms with Crippen LogP contribution in [-0.4, -0.2) is 25.3 Å². The molecule has 5 nitrogen and oxygen atoms in total. The van der Waals surface area contributed by atoms with Crippen LogP contribution in [0.15, 0.2) is 34.3 Å². The molecule has 4 saturated carbocycles. The summed E-state index contributed by atoms with van der Waals surface area (Å²) in [5.41, 5.74) is 2.43. The Bertz CT molecular complexity index is 1000. The molecule has 1 aromatic carbocycles. The highest BCUT2D eigenvalue weighted by molar-refractivity contribution is 7.89. The Balaban J connectivity index is 1.35. The largest absolute Gasteiger partial charge is 0.393 e. The predicted octanol–water partition coefficient (Wildman–Crippen LogP) is 5.03. The van der Waals surface area contributed by atoms with Crippen LogP contribution < -0.4 is 4.83 Å². The number of hydrazone groups is 1. The van der Waals surface area contributed by atoms with Gasteiger partial charge in [0.05, 0.1) is 11.0 Å². The van der Waals surface area contributed by atoms with E-state index in [0.717, 1.165) is 55.7 Å². The Morgan fingerprint density at radius 3 is 2.50 bits per heavy atom. The van der Waals surface area contributed by atoms with Gasteiger partial charge in [-0.3, -0.25) is 0 Å². The second-order valence-corrected chi connectivity index (χ2v) is 13.2. The lowest BCUT2D eigenvalue weighted by atomic mass is 9.45. The first kappa shape index (κ1) is 22.4. The number of aryl methyl sites for hydroxylation is 1. The summed E-state index contributed by atoms with van der Waals surface area (Å²) in [6, 6.07) is 6.92. The number of sulfonamides is 1. The molecule has 4 aliphatic rings. The third-order valence-electron chi connectivity index (χ3n) is 10.0. The van der Waals surface area contributed by atoms with Gasteiger partial charge in [-0.1, -0.05) is 31.5 Å². The lowest BCUT2D eigenvalue weighted by Gasteiger charge is -2.60. The molecule has 1 aromatic rings. The first-order valence-electron chi connectivity index (χ1n) is 12.5. The Morgan fingerprint density at radius 1 is 1.00 bits per heavy atom. The van der Waals surface area contributed by atoms with Gasteiger partial charge in [0.15, 0.2) is 0 Å². The highest BCUT2D eigenvalue weighted by Gasteiger charge is 2.59. The van der Waals surface area contributed by atoms with Crippen molar-refractivity contribution in [2.24, 2.45) is 39.6 Å². The summed E-state index contributed by atoms with van der Waals surface area (Å²) in [5.74, 6) is 2.68. The molecule has 0 heterocycles. The lowest BCUT2D eigenvalue weighted by Crippen LogP contribution is -2.54. The second kappa shape index (κ2) is 7.83. The van der Waals surface area contributed by atoms with E-state index < -0.39 is 10.0 Å². The zero-order valence-corrected chi connectivity index (χ0v) is 20.5. The minimum Gasteiger partial charge on any atom is -0.393 e. The number of aliphatic hydroxyl groups is 1. The van der Waals surface area contributed by atoms with Crippen LogP contribution in [-0.2, 0) is 10.0 Å². The van der Waals surface area contributed by atoms with Crippen LogP contribution in [0, 0.1) is 41.4 Å². The fourth-order valence-electron chi connectivity index (χ4n) is 8.09. The first-order chi connectivity index (χ1) is 15.1. The molecule has 0 spiro atoms. The molecule has 0 amide bonds. The molecule has 6 heteroatoms. The Hall–Kier alpha value is -1.40. The Labute approximate surface area is 193 Å². The number of fused-ring (bicyclic) bond motifs is 5. The topological polar surface area (TPSA) is 78.8 Å². The van der Waals surface area contributed by atoms with Crippen LogP contribution in [0.25, 0.3) is 0 Å². The van der Waals surface area contributed by atoms with Crippen molar-refractivity contribution < 1.29 is 13.5 Å². The second-order valence-electron chi connectivity index (χ2n) is 11.5. The van der Waals surface area contributed by atoms with Gasteiger partial charge in [-0.15, -0.1) is 0 Å². The molecule has 0 bridgehead atoms. The monoisotopic (exact) mass is 458 g/mol. The van der Waals surface area contributed by atoms with Gasteiger partial charge in [-0.05, 0) is 106 Å². The SMILES string of the molecule is Cc1ccc(S(=O)(=O)NN=C2CC[C@@H]3[C@H]4CC[C@H]5C[C@@H](O)CC[C@]5(C)[C@@H]4CC[C@]23C)cc1. The van der Waals surface area contributed by atoms with Gasteiger partial charge in [0.25, 0.3) is 10.0 Å². The highest BCUT2D eigenvalue weighted by atomic mass is 32.2. The summed E-state index contributed by atoms with van der Waals surface area (Å²) in [6.45, 7) is 6.78. The Morgan fingerprint density at radius 2 is 1.75 bits per heavy atom. The third kappa shape index (κ3) is 3.53. The van der Waals surface area contributed by atoms with Gasteiger partial charge in [-0.25, -0.2) is 4.83 Å². The molecule has 5 rings (SSSR count). The number of benzene rings is 1. The fraction of sp³-hybridized carbons (Fsp3) is 0.731. The summed E-state index contributed by atoms with van der Waals surface area (Å²) in [7, 11) is -3.64. The van der Waals surface area contributed by atoms with Crippen LogP contribution in [0.1, 0.15) is 77.2 Å². The number of rotatable bonds is 3. The van der Waals surface area contributed by atoms with E-state index in [1.807, 2.05) is 19.1 Å². The number of nitrogens with one attached hydrogen (secondary N) is 1. The minimum absolute atomic E-state index is 0.00562. The summed E-state index contributed by atoms with van der Waals surface area (Å²) < 4.78 is 25.6. The Kier molecular flexibility index (Phi) is 5.48. The van der Waals surface area contributed by atoms with E-state index in [2.05, 4.69) is 23.8 Å². The van der Waals surface area contributed by atoms with E-state index in [4.69, 9.17) is 0 Å². The lowest BCUT2D eigenvalue weighted by molar-refractivity contribution is -0.113. The summed E-state index contributed by atoms with van der Waals surface area (Å²) >= 11 is 0. The zero-order chi connectivity index (χ0) is 22.7. The molecule has 176 valence electrons. The highest BCUT2D eigenvalue weighted by Crippen LogP contribution is 2.65. The summed E-state index contributed by atoms with van der Waals surface area (Å²) in [6.07, 6.45) is 9.76. The van der Waals surface area contributed by atoms with Crippen LogP contribution in [0.5, 0.6) is 0 Å². The van der Waals surface area contributed by atoms with Gasteiger partial charge >= 0.3 is 0 Å². The molecule has 0 aliphatic heterocycles. The van der Waals surface area contributed by atoms with Gasteiger partial charge < -0.3 is 5.11 Å². The smallest absolute Gasteiger partial charge is 0.276 e. The van der Waals surface area contributed by atoms with Crippen molar-refractivity contribution in [2.45, 2.75) is 89.6 Å². The number of hydrogen-bond acceptors (Lipinski definition) is 4. The maximum Gasteiger partial charge on any atom is 0.276 e. The van der Waals surface area contributed by atoms with Crippen molar-refractivity contribution in [3.05, 3.63) is 29.8 Å². The van der Waals surface area contributed by atoms with Crippen LogP contribution in [0.3, 0.4) is 0 Å². The average Bonchev–Trinajstić information content (AvgIpc) is 3.09. The van der Waals surface area contributed by atoms with E-state index >= 15 is 0 Å². The van der Waals surface area contributed by atoms with E-state index in [-0.39, 0.29) is 16.4 Å². The van der Waals surface area contributed by atoms with Crippen LogP contribution in [0.4, 0.5) is 0 Å². The van der Waals surface area contributed by atoms with Crippen molar-refractivity contribution in [3.8, 4) is 0 Å². The quantitative estimate of drug-likeness (QED) is 0.623. The molecule has 4 fully saturated rings. The maximum atomic E-state index is 12.8. The minimum atomic E-state index is -3.64. The summed E-state index contributed by atoms with van der Waals surface area (Å²) in [4.78, 5) is 2.82. The maximum absolute atomic E-state index is 12.8. The van der Waals surface area contributed by atoms with E-state index in [0.29, 0.717) is 23.2 Å². The predicted molar refractivity (Wildman–Crippen MR) is 127 cm³/mol. The van der Waals surface area contributed by atoms with Crippen molar-refractivity contribution >= 4 is 15.7 Å². The fourth-order valence-corrected chi connectivity index (χ4v) is 8.92. The molecule has 0 radical (unpaired) electrons. The van der Waals surface area contributed by atoms with Gasteiger partial charge in [0.2, 0.25) is 0 Å². The molecule has 32 heavy (non-hydrogen) atoms. The average molecular weight is 459 g/mol. The molecule has 0 saturated heterocycles. The van der Waals surface area contributed by atoms with Crippen molar-refractivity contribution in [2.75, 3.05) is 0 Å². The van der Waals surface area contributed by atoms with E-state index in [1.54, 1.807) is 12.1 Å². The normalized spacial score (nSPS) is 42.8. The van der Waals surface area contributed by atoms with Gasteiger partial charge in [0.1, 0.15) is 0 Å². The van der Waals surface area contributed by atoms with Crippen LogP contribution in [0.2, 0.25) is 0 Å². The molecule has 4 aliphatic carbocycles. The first-order valence-corrected chi connectivity index (χ1v) is 14.0. The number of aliphatic hydroxyl groups excluding tert-OH is 1.